The average molecular weight is 333 g/mol. The van der Waals surface area contributed by atoms with Gasteiger partial charge in [0.15, 0.2) is 0 Å². The number of hydrogen-bond donors (Lipinski definition) is 0. The van der Waals surface area contributed by atoms with Crippen LogP contribution < -0.4 is 0 Å². The first-order valence-electron chi connectivity index (χ1n) is 0. The van der Waals surface area contributed by atoms with Gasteiger partial charge in [-0.05, 0) is 0 Å². The van der Waals surface area contributed by atoms with E-state index in [0.717, 1.165) is 0 Å². The summed E-state index contributed by atoms with van der Waals surface area (Å²) in [6, 6.07) is 0. The fraction of sp³-hybridized carbons (Fsp3) is 0. The van der Waals surface area contributed by atoms with E-state index in [1.54, 1.807) is 0 Å². The zero-order valence-corrected chi connectivity index (χ0v) is 10.2. The van der Waals surface area contributed by atoms with Crippen molar-refractivity contribution in [3.8, 4) is 0 Å². The molecule has 0 rings (SSSR count). The van der Waals surface area contributed by atoms with E-state index in [-0.39, 0.29) is 95.4 Å². The average Bonchev–Trinajstić information content (AvgIpc) is 0. The molecule has 0 aliphatic rings. The summed E-state index contributed by atoms with van der Waals surface area (Å²) in [7, 11) is 0. The third-order valence-electron chi connectivity index (χ3n) is 0. The quantitative estimate of drug-likeness (QED) is 0.585. The van der Waals surface area contributed by atoms with Gasteiger partial charge in [0.2, 0.25) is 0 Å². The van der Waals surface area contributed by atoms with Crippen LogP contribution in [-0.2, 0) is 95.4 Å². The van der Waals surface area contributed by atoms with Crippen molar-refractivity contribution in [2.75, 3.05) is 0 Å². The molecule has 0 saturated carbocycles. The molecule has 4 heteroatoms. The van der Waals surface area contributed by atoms with E-state index < -0.39 is 0 Å². The SMILES string of the molecule is [Co].[Zr].[Zr].[Zr]. The second kappa shape index (κ2) is 16.4. The molecule has 0 atom stereocenters. The maximum Gasteiger partial charge on any atom is 0 e. The van der Waals surface area contributed by atoms with Gasteiger partial charge < -0.3 is 0 Å². The van der Waals surface area contributed by atoms with Crippen molar-refractivity contribution in [1.82, 2.24) is 0 Å². The number of rotatable bonds is 0. The van der Waals surface area contributed by atoms with Gasteiger partial charge in [0.25, 0.3) is 0 Å². The Morgan fingerprint density at radius 3 is 0.500 bits per heavy atom. The van der Waals surface area contributed by atoms with Crippen molar-refractivity contribution in [2.24, 2.45) is 0 Å². The molecular weight excluding hydrogens is 333 g/mol. The molecule has 4 heavy (non-hydrogen) atoms. The molecule has 0 N–H and O–H groups in total. The smallest absolute Gasteiger partial charge is 0 e. The van der Waals surface area contributed by atoms with Crippen molar-refractivity contribution in [2.45, 2.75) is 0 Å². The van der Waals surface area contributed by atoms with Crippen LogP contribution >= 0.6 is 0 Å². The molecular formula is CoZr3. The van der Waals surface area contributed by atoms with Crippen LogP contribution in [0.3, 0.4) is 0 Å². The summed E-state index contributed by atoms with van der Waals surface area (Å²) in [4.78, 5) is 0. The maximum atomic E-state index is 0. The maximum absolute atomic E-state index is 0. The zero-order chi connectivity index (χ0) is 0. The Morgan fingerprint density at radius 1 is 0.500 bits per heavy atom. The minimum absolute atomic E-state index is 0. The molecule has 0 fully saturated rings. The van der Waals surface area contributed by atoms with Crippen molar-refractivity contribution >= 4 is 0 Å². The Kier molecular flexibility index (Phi) is 112. The van der Waals surface area contributed by atoms with Gasteiger partial charge in [-0.2, -0.15) is 0 Å². The minimum Gasteiger partial charge on any atom is 0 e. The molecule has 0 aromatic rings. The zero-order valence-electron chi connectivity index (χ0n) is 1.83. The minimum atomic E-state index is 0. The molecule has 0 aromatic heterocycles. The van der Waals surface area contributed by atoms with Gasteiger partial charge in [-0.25, -0.2) is 0 Å². The Bertz CT molecular complexity index is 3.25. The largest absolute Gasteiger partial charge is 0 e. The second-order valence-electron chi connectivity index (χ2n) is 0. The van der Waals surface area contributed by atoms with Crippen LogP contribution in [0.4, 0.5) is 0 Å². The fourth-order valence-electron chi connectivity index (χ4n) is 0. The topological polar surface area (TPSA) is 0 Å². The van der Waals surface area contributed by atoms with Gasteiger partial charge in [-0.1, -0.05) is 0 Å². The van der Waals surface area contributed by atoms with E-state index in [4.69, 9.17) is 0 Å². The molecule has 0 bridgehead atoms. The molecule has 0 nitrogen and oxygen atoms in total. The Hall–Kier alpha value is 3.16. The third-order valence-corrected chi connectivity index (χ3v) is 0. The monoisotopic (exact) mass is 329 g/mol. The Balaban J connectivity index is 0. The normalized spacial score (nSPS) is 0. The molecule has 0 heterocycles. The first-order valence-corrected chi connectivity index (χ1v) is 0. The van der Waals surface area contributed by atoms with Crippen LogP contribution in [0.2, 0.25) is 0 Å². The van der Waals surface area contributed by atoms with E-state index in [0.29, 0.717) is 0 Å². The van der Waals surface area contributed by atoms with E-state index in [9.17, 15) is 0 Å². The van der Waals surface area contributed by atoms with Crippen LogP contribution in [0.25, 0.3) is 0 Å². The van der Waals surface area contributed by atoms with Crippen LogP contribution in [0.1, 0.15) is 0 Å². The molecule has 0 amide bonds. The van der Waals surface area contributed by atoms with Crippen LogP contribution in [0.5, 0.6) is 0 Å². The number of hydrogen-bond acceptors (Lipinski definition) is 0. The van der Waals surface area contributed by atoms with Gasteiger partial charge in [0.1, 0.15) is 0 Å². The summed E-state index contributed by atoms with van der Waals surface area (Å²) in [5.41, 5.74) is 0. The predicted octanol–water partition coefficient (Wildman–Crippen LogP) is -0.0100. The molecule has 1 radical (unpaired) electrons. The van der Waals surface area contributed by atoms with Gasteiger partial charge in [0.05, 0.1) is 0 Å². The first kappa shape index (κ1) is 27.2. The predicted molar refractivity (Wildman–Crippen MR) is 0 cm³/mol. The summed E-state index contributed by atoms with van der Waals surface area (Å²) < 4.78 is 0. The standard InChI is InChI=1S/Co.3Zr. The summed E-state index contributed by atoms with van der Waals surface area (Å²) >= 11 is 0. The third kappa shape index (κ3) is 8.94. The van der Waals surface area contributed by atoms with E-state index >= 15 is 0 Å². The summed E-state index contributed by atoms with van der Waals surface area (Å²) in [5.74, 6) is 0. The summed E-state index contributed by atoms with van der Waals surface area (Å²) in [6.07, 6.45) is 0. The second-order valence-corrected chi connectivity index (χ2v) is 0. The molecule has 21 valence electrons. The first-order chi connectivity index (χ1) is 0. The van der Waals surface area contributed by atoms with E-state index in [1.165, 1.54) is 0 Å². The Morgan fingerprint density at radius 2 is 0.500 bits per heavy atom. The molecule has 0 aliphatic carbocycles. The molecule has 0 aliphatic heterocycles. The van der Waals surface area contributed by atoms with Crippen LogP contribution in [-0.4, -0.2) is 0 Å². The Labute approximate surface area is 93.4 Å². The van der Waals surface area contributed by atoms with Gasteiger partial charge in [0, 0.05) is 95.4 Å². The van der Waals surface area contributed by atoms with E-state index in [2.05, 4.69) is 0 Å². The van der Waals surface area contributed by atoms with Crippen molar-refractivity contribution in [3.63, 3.8) is 0 Å². The molecule has 0 spiro atoms. The van der Waals surface area contributed by atoms with Gasteiger partial charge in [-0.3, -0.25) is 0 Å². The molecule has 0 unspecified atom stereocenters. The molecule has 0 saturated heterocycles. The fourth-order valence-corrected chi connectivity index (χ4v) is 0. The van der Waals surface area contributed by atoms with Gasteiger partial charge >= 0.3 is 0 Å². The van der Waals surface area contributed by atoms with Crippen LogP contribution in [0.15, 0.2) is 0 Å². The molecule has 0 aromatic carbocycles. The summed E-state index contributed by atoms with van der Waals surface area (Å²) in [5, 5.41) is 0. The van der Waals surface area contributed by atoms with Crippen LogP contribution in [0, 0.1) is 0 Å². The van der Waals surface area contributed by atoms with Gasteiger partial charge in [-0.15, -0.1) is 0 Å². The summed E-state index contributed by atoms with van der Waals surface area (Å²) in [6.45, 7) is 0. The van der Waals surface area contributed by atoms with Crippen molar-refractivity contribution in [3.05, 3.63) is 0 Å². The van der Waals surface area contributed by atoms with Crippen molar-refractivity contribution in [1.29, 1.82) is 0 Å². The van der Waals surface area contributed by atoms with E-state index in [1.807, 2.05) is 0 Å². The van der Waals surface area contributed by atoms with Crippen molar-refractivity contribution < 1.29 is 95.4 Å².